The fourth-order valence-electron chi connectivity index (χ4n) is 2.48. The van der Waals surface area contributed by atoms with E-state index in [-0.39, 0.29) is 0 Å². The molecule has 3 heteroatoms. The Hall–Kier alpha value is -2.03. The van der Waals surface area contributed by atoms with Crippen LogP contribution in [0.5, 0.6) is 0 Å². The van der Waals surface area contributed by atoms with Gasteiger partial charge in [-0.15, -0.1) is 0 Å². The number of aromatic nitrogens is 1. The third-order valence-electron chi connectivity index (χ3n) is 3.29. The first-order chi connectivity index (χ1) is 8.27. The van der Waals surface area contributed by atoms with Gasteiger partial charge in [-0.3, -0.25) is 0 Å². The first kappa shape index (κ1) is 10.1. The summed E-state index contributed by atoms with van der Waals surface area (Å²) in [5.41, 5.74) is 3.41. The van der Waals surface area contributed by atoms with Crippen LogP contribution >= 0.6 is 0 Å². The lowest BCUT2D eigenvalue weighted by atomic mass is 10.0. The number of aromatic carboxylic acids is 1. The SMILES string of the molecule is O=C(O)c1cccc2c3c([nH]c12)C=CCCC3. The third kappa shape index (κ3) is 1.55. The first-order valence-electron chi connectivity index (χ1n) is 5.81. The molecule has 1 aromatic heterocycles. The molecular weight excluding hydrogens is 214 g/mol. The summed E-state index contributed by atoms with van der Waals surface area (Å²) in [4.78, 5) is 14.4. The van der Waals surface area contributed by atoms with E-state index in [4.69, 9.17) is 5.11 Å². The molecule has 0 aliphatic heterocycles. The lowest BCUT2D eigenvalue weighted by molar-refractivity contribution is 0.0699. The molecule has 0 saturated heterocycles. The van der Waals surface area contributed by atoms with Gasteiger partial charge in [-0.2, -0.15) is 0 Å². The van der Waals surface area contributed by atoms with Gasteiger partial charge in [0.15, 0.2) is 0 Å². The molecule has 1 aliphatic rings. The molecule has 17 heavy (non-hydrogen) atoms. The Morgan fingerprint density at radius 2 is 2.24 bits per heavy atom. The molecule has 2 aromatic rings. The average molecular weight is 227 g/mol. The highest BCUT2D eigenvalue weighted by Crippen LogP contribution is 2.29. The minimum Gasteiger partial charge on any atom is -0.478 e. The number of allylic oxidation sites excluding steroid dienone is 1. The standard InChI is InChI=1S/C14H13NO2/c16-14(17)11-7-4-6-10-9-5-2-1-3-8-12(9)15-13(10)11/h3-4,6-8,15H,1-2,5H2,(H,16,17). The zero-order chi connectivity index (χ0) is 11.8. The van der Waals surface area contributed by atoms with Gasteiger partial charge in [0.05, 0.1) is 11.1 Å². The molecule has 1 aliphatic carbocycles. The maximum Gasteiger partial charge on any atom is 0.337 e. The Bertz CT molecular complexity index is 622. The summed E-state index contributed by atoms with van der Waals surface area (Å²) < 4.78 is 0. The Balaban J connectivity index is 2.33. The third-order valence-corrected chi connectivity index (χ3v) is 3.29. The quantitative estimate of drug-likeness (QED) is 0.785. The van der Waals surface area contributed by atoms with Crippen LogP contribution in [-0.4, -0.2) is 16.1 Å². The van der Waals surface area contributed by atoms with Gasteiger partial charge in [-0.05, 0) is 37.0 Å². The number of aromatic amines is 1. The molecule has 0 amide bonds. The van der Waals surface area contributed by atoms with E-state index >= 15 is 0 Å². The largest absolute Gasteiger partial charge is 0.478 e. The molecule has 0 fully saturated rings. The molecule has 0 radical (unpaired) electrons. The van der Waals surface area contributed by atoms with Crippen molar-refractivity contribution in [2.75, 3.05) is 0 Å². The summed E-state index contributed by atoms with van der Waals surface area (Å²) in [6.45, 7) is 0. The molecule has 3 rings (SSSR count). The van der Waals surface area contributed by atoms with Gasteiger partial charge in [-0.25, -0.2) is 4.79 Å². The Morgan fingerprint density at radius 1 is 1.35 bits per heavy atom. The maximum atomic E-state index is 11.2. The van der Waals surface area contributed by atoms with Crippen LogP contribution in [0.1, 0.15) is 34.5 Å². The number of carboxylic acids is 1. The van der Waals surface area contributed by atoms with Gasteiger partial charge in [0.25, 0.3) is 0 Å². The molecule has 0 unspecified atom stereocenters. The monoisotopic (exact) mass is 227 g/mol. The normalized spacial score (nSPS) is 14.6. The number of nitrogens with one attached hydrogen (secondary N) is 1. The predicted octanol–water partition coefficient (Wildman–Crippen LogP) is 3.22. The van der Waals surface area contributed by atoms with Crippen LogP contribution in [0.4, 0.5) is 0 Å². The molecule has 3 nitrogen and oxygen atoms in total. The van der Waals surface area contributed by atoms with E-state index in [1.807, 2.05) is 12.1 Å². The molecule has 0 bridgehead atoms. The van der Waals surface area contributed by atoms with Crippen molar-refractivity contribution in [3.05, 3.63) is 41.1 Å². The minimum absolute atomic E-state index is 0.351. The van der Waals surface area contributed by atoms with Crippen molar-refractivity contribution in [2.45, 2.75) is 19.3 Å². The van der Waals surface area contributed by atoms with Crippen LogP contribution in [0.2, 0.25) is 0 Å². The number of benzene rings is 1. The van der Waals surface area contributed by atoms with Crippen molar-refractivity contribution < 1.29 is 9.90 Å². The number of aryl methyl sites for hydroxylation is 1. The number of carboxylic acid groups (broad SMARTS) is 1. The van der Waals surface area contributed by atoms with E-state index in [0.717, 1.165) is 35.9 Å². The summed E-state index contributed by atoms with van der Waals surface area (Å²) in [5, 5.41) is 10.2. The van der Waals surface area contributed by atoms with Crippen molar-refractivity contribution >= 4 is 22.9 Å². The predicted molar refractivity (Wildman–Crippen MR) is 67.2 cm³/mol. The topological polar surface area (TPSA) is 53.1 Å². The smallest absolute Gasteiger partial charge is 0.337 e. The number of hydrogen-bond donors (Lipinski definition) is 2. The average Bonchev–Trinajstić information content (AvgIpc) is 2.52. The summed E-state index contributed by atoms with van der Waals surface area (Å²) in [6, 6.07) is 5.45. The zero-order valence-electron chi connectivity index (χ0n) is 9.36. The van der Waals surface area contributed by atoms with Crippen LogP contribution in [0, 0.1) is 0 Å². The fraction of sp³-hybridized carbons (Fsp3) is 0.214. The Morgan fingerprint density at radius 3 is 3.06 bits per heavy atom. The van der Waals surface area contributed by atoms with Gasteiger partial charge in [0.2, 0.25) is 0 Å². The highest BCUT2D eigenvalue weighted by molar-refractivity contribution is 6.04. The number of H-pyrrole nitrogens is 1. The second kappa shape index (κ2) is 3.77. The van der Waals surface area contributed by atoms with Crippen molar-refractivity contribution in [3.8, 4) is 0 Å². The highest BCUT2D eigenvalue weighted by Gasteiger charge is 2.16. The Labute approximate surface area is 98.8 Å². The molecule has 0 saturated carbocycles. The molecule has 0 atom stereocenters. The van der Waals surface area contributed by atoms with Crippen LogP contribution in [-0.2, 0) is 6.42 Å². The number of carbonyl (C=O) groups is 1. The van der Waals surface area contributed by atoms with Crippen molar-refractivity contribution in [1.82, 2.24) is 4.98 Å². The van der Waals surface area contributed by atoms with Crippen LogP contribution < -0.4 is 0 Å². The van der Waals surface area contributed by atoms with E-state index in [0.29, 0.717) is 5.56 Å². The van der Waals surface area contributed by atoms with Gasteiger partial charge in [-0.1, -0.05) is 18.2 Å². The number of hydrogen-bond acceptors (Lipinski definition) is 1. The number of para-hydroxylation sites is 1. The molecule has 86 valence electrons. The molecule has 0 spiro atoms. The molecule has 1 aromatic carbocycles. The van der Waals surface area contributed by atoms with Gasteiger partial charge in [0, 0.05) is 11.1 Å². The lowest BCUT2D eigenvalue weighted by Gasteiger charge is -1.99. The first-order valence-corrected chi connectivity index (χ1v) is 5.81. The van der Waals surface area contributed by atoms with Crippen molar-refractivity contribution in [3.63, 3.8) is 0 Å². The van der Waals surface area contributed by atoms with E-state index in [1.165, 1.54) is 5.56 Å². The summed E-state index contributed by atoms with van der Waals surface area (Å²) in [6.07, 6.45) is 7.41. The van der Waals surface area contributed by atoms with Crippen LogP contribution in [0.25, 0.3) is 17.0 Å². The van der Waals surface area contributed by atoms with E-state index in [2.05, 4.69) is 17.1 Å². The molecular formula is C14H13NO2. The van der Waals surface area contributed by atoms with E-state index in [9.17, 15) is 4.79 Å². The van der Waals surface area contributed by atoms with E-state index in [1.54, 1.807) is 6.07 Å². The van der Waals surface area contributed by atoms with Gasteiger partial charge >= 0.3 is 5.97 Å². The van der Waals surface area contributed by atoms with Gasteiger partial charge < -0.3 is 10.1 Å². The molecule has 1 heterocycles. The van der Waals surface area contributed by atoms with E-state index < -0.39 is 5.97 Å². The highest BCUT2D eigenvalue weighted by atomic mass is 16.4. The summed E-state index contributed by atoms with van der Waals surface area (Å²) >= 11 is 0. The second-order valence-electron chi connectivity index (χ2n) is 4.35. The van der Waals surface area contributed by atoms with Crippen molar-refractivity contribution in [2.24, 2.45) is 0 Å². The zero-order valence-corrected chi connectivity index (χ0v) is 9.36. The van der Waals surface area contributed by atoms with Crippen LogP contribution in [0.15, 0.2) is 24.3 Å². The summed E-state index contributed by atoms with van der Waals surface area (Å²) in [5.74, 6) is -0.879. The minimum atomic E-state index is -0.879. The van der Waals surface area contributed by atoms with Crippen molar-refractivity contribution in [1.29, 1.82) is 0 Å². The summed E-state index contributed by atoms with van der Waals surface area (Å²) in [7, 11) is 0. The molecule has 2 N–H and O–H groups in total. The maximum absolute atomic E-state index is 11.2. The number of rotatable bonds is 1. The lowest BCUT2D eigenvalue weighted by Crippen LogP contribution is -1.96. The van der Waals surface area contributed by atoms with Gasteiger partial charge in [0.1, 0.15) is 0 Å². The fourth-order valence-corrected chi connectivity index (χ4v) is 2.48. The second-order valence-corrected chi connectivity index (χ2v) is 4.35. The Kier molecular flexibility index (Phi) is 2.25. The van der Waals surface area contributed by atoms with Crippen LogP contribution in [0.3, 0.4) is 0 Å². The number of fused-ring (bicyclic) bond motifs is 3.